The zero-order valence-electron chi connectivity index (χ0n) is 12.8. The van der Waals surface area contributed by atoms with Crippen molar-refractivity contribution in [3.8, 4) is 0 Å². The number of amides is 2. The van der Waals surface area contributed by atoms with Crippen molar-refractivity contribution in [3.63, 3.8) is 0 Å². The number of benzene rings is 2. The van der Waals surface area contributed by atoms with Crippen LogP contribution in [0.5, 0.6) is 0 Å². The maximum absolute atomic E-state index is 11.8. The van der Waals surface area contributed by atoms with Gasteiger partial charge in [0.15, 0.2) is 0 Å². The zero-order chi connectivity index (χ0) is 16.8. The van der Waals surface area contributed by atoms with Crippen LogP contribution in [0.25, 0.3) is 0 Å². The molecule has 0 bridgehead atoms. The molecule has 0 aliphatic carbocycles. The molecular weight excluding hydrogens is 358 g/mol. The molecule has 0 saturated heterocycles. The zero-order valence-corrected chi connectivity index (χ0v) is 14.3. The molecule has 23 heavy (non-hydrogen) atoms. The molecule has 0 fully saturated rings. The Labute approximate surface area is 142 Å². The molecule has 2 rings (SSSR count). The van der Waals surface area contributed by atoms with E-state index in [0.717, 1.165) is 15.6 Å². The van der Waals surface area contributed by atoms with Crippen LogP contribution in [0.4, 0.5) is 5.69 Å². The van der Waals surface area contributed by atoms with Gasteiger partial charge in [-0.15, -0.1) is 0 Å². The molecule has 0 spiro atoms. The molecule has 0 unspecified atom stereocenters. The van der Waals surface area contributed by atoms with Crippen LogP contribution >= 0.6 is 15.9 Å². The van der Waals surface area contributed by atoms with Crippen LogP contribution in [0, 0.1) is 6.92 Å². The van der Waals surface area contributed by atoms with E-state index in [9.17, 15) is 9.59 Å². The maximum atomic E-state index is 11.8. The largest absolute Gasteiger partial charge is 0.329 e. The molecule has 2 amide bonds. The van der Waals surface area contributed by atoms with Crippen LogP contribution in [0.1, 0.15) is 18.1 Å². The van der Waals surface area contributed by atoms with Crippen molar-refractivity contribution in [2.45, 2.75) is 13.8 Å². The lowest BCUT2D eigenvalue weighted by Gasteiger charge is -2.06. The molecular formula is C17H16BrN3O2. The lowest BCUT2D eigenvalue weighted by molar-refractivity contribution is -0.136. The number of nitrogens with zero attached hydrogens (tertiary/aromatic N) is 1. The Bertz CT molecular complexity index is 755. The first-order valence-corrected chi connectivity index (χ1v) is 7.74. The quantitative estimate of drug-likeness (QED) is 0.492. The second-order valence-electron chi connectivity index (χ2n) is 4.94. The van der Waals surface area contributed by atoms with Crippen molar-refractivity contribution in [2.24, 2.45) is 5.10 Å². The molecule has 5 nitrogen and oxygen atoms in total. The summed E-state index contributed by atoms with van der Waals surface area (Å²) in [4.78, 5) is 23.6. The minimum absolute atomic E-state index is 0.558. The van der Waals surface area contributed by atoms with Gasteiger partial charge >= 0.3 is 11.8 Å². The smallest absolute Gasteiger partial charge is 0.318 e. The highest BCUT2D eigenvalue weighted by molar-refractivity contribution is 9.10. The predicted octanol–water partition coefficient (Wildman–Crippen LogP) is 3.24. The number of hydrogen-bond acceptors (Lipinski definition) is 3. The summed E-state index contributed by atoms with van der Waals surface area (Å²) >= 11 is 3.41. The molecule has 2 N–H and O–H groups in total. The first-order chi connectivity index (χ1) is 11.0. The van der Waals surface area contributed by atoms with Gasteiger partial charge in [0.05, 0.1) is 5.71 Å². The average molecular weight is 374 g/mol. The van der Waals surface area contributed by atoms with Gasteiger partial charge in [-0.25, -0.2) is 5.43 Å². The number of halogens is 1. The van der Waals surface area contributed by atoms with E-state index in [1.165, 1.54) is 0 Å². The molecule has 0 aliphatic heterocycles. The van der Waals surface area contributed by atoms with E-state index in [0.29, 0.717) is 11.4 Å². The Morgan fingerprint density at radius 1 is 1.00 bits per heavy atom. The minimum Gasteiger partial charge on any atom is -0.318 e. The third-order valence-electron chi connectivity index (χ3n) is 3.10. The standard InChI is InChI=1S/C17H16BrN3O2/c1-11-7-9-13(10-8-11)19-16(22)17(23)21-20-12(2)14-5-3-4-6-15(14)18/h3-10H,1-2H3,(H,19,22)(H,21,23)/b20-12-. The summed E-state index contributed by atoms with van der Waals surface area (Å²) in [7, 11) is 0. The Kier molecular flexibility index (Phi) is 5.65. The summed E-state index contributed by atoms with van der Waals surface area (Å²) in [6.07, 6.45) is 0. The summed E-state index contributed by atoms with van der Waals surface area (Å²) in [6.45, 7) is 3.69. The number of hydrogen-bond donors (Lipinski definition) is 2. The summed E-state index contributed by atoms with van der Waals surface area (Å²) in [5.74, 6) is -1.59. The van der Waals surface area contributed by atoms with Gasteiger partial charge in [0.25, 0.3) is 0 Å². The van der Waals surface area contributed by atoms with E-state index in [2.05, 4.69) is 31.8 Å². The predicted molar refractivity (Wildman–Crippen MR) is 94.3 cm³/mol. The fraction of sp³-hybridized carbons (Fsp3) is 0.118. The third-order valence-corrected chi connectivity index (χ3v) is 3.80. The second kappa shape index (κ2) is 7.69. The Balaban J connectivity index is 1.98. The van der Waals surface area contributed by atoms with E-state index >= 15 is 0 Å². The average Bonchev–Trinajstić information content (AvgIpc) is 2.54. The Hall–Kier alpha value is -2.47. The molecule has 0 aliphatic rings. The van der Waals surface area contributed by atoms with Crippen molar-refractivity contribution in [2.75, 3.05) is 5.32 Å². The highest BCUT2D eigenvalue weighted by atomic mass is 79.9. The first kappa shape index (κ1) is 16.9. The van der Waals surface area contributed by atoms with Crippen molar-refractivity contribution in [1.82, 2.24) is 5.43 Å². The molecule has 0 radical (unpaired) electrons. The number of anilines is 1. The van der Waals surface area contributed by atoms with Gasteiger partial charge in [-0.1, -0.05) is 51.8 Å². The Morgan fingerprint density at radius 3 is 2.30 bits per heavy atom. The molecule has 2 aromatic carbocycles. The van der Waals surface area contributed by atoms with E-state index in [4.69, 9.17) is 0 Å². The lowest BCUT2D eigenvalue weighted by Crippen LogP contribution is -2.32. The second-order valence-corrected chi connectivity index (χ2v) is 5.79. The molecule has 2 aromatic rings. The van der Waals surface area contributed by atoms with E-state index in [1.54, 1.807) is 19.1 Å². The van der Waals surface area contributed by atoms with Crippen LogP contribution in [0.15, 0.2) is 58.1 Å². The van der Waals surface area contributed by atoms with Crippen molar-refractivity contribution in [3.05, 3.63) is 64.1 Å². The molecule has 0 saturated carbocycles. The number of hydrazone groups is 1. The van der Waals surface area contributed by atoms with Gasteiger partial charge in [0.2, 0.25) is 0 Å². The van der Waals surface area contributed by atoms with E-state index < -0.39 is 11.8 Å². The van der Waals surface area contributed by atoms with Gasteiger partial charge in [0, 0.05) is 15.7 Å². The van der Waals surface area contributed by atoms with E-state index in [1.807, 2.05) is 43.3 Å². The number of aryl methyl sites for hydroxylation is 1. The monoisotopic (exact) mass is 373 g/mol. The number of carbonyl (C=O) groups is 2. The molecule has 0 aromatic heterocycles. The van der Waals surface area contributed by atoms with Crippen molar-refractivity contribution >= 4 is 39.1 Å². The highest BCUT2D eigenvalue weighted by Gasteiger charge is 2.13. The fourth-order valence-electron chi connectivity index (χ4n) is 1.83. The fourth-order valence-corrected chi connectivity index (χ4v) is 2.40. The molecule has 0 heterocycles. The summed E-state index contributed by atoms with van der Waals surface area (Å²) in [5.41, 5.74) is 5.32. The summed E-state index contributed by atoms with van der Waals surface area (Å²) in [5, 5.41) is 6.47. The maximum Gasteiger partial charge on any atom is 0.329 e. The molecule has 6 heteroatoms. The summed E-state index contributed by atoms with van der Waals surface area (Å²) in [6, 6.07) is 14.7. The van der Waals surface area contributed by atoms with Gasteiger partial charge in [-0.3, -0.25) is 9.59 Å². The lowest BCUT2D eigenvalue weighted by atomic mass is 10.1. The highest BCUT2D eigenvalue weighted by Crippen LogP contribution is 2.16. The topological polar surface area (TPSA) is 70.6 Å². The van der Waals surface area contributed by atoms with Crippen LogP contribution in [0.3, 0.4) is 0 Å². The number of rotatable bonds is 3. The number of nitrogens with one attached hydrogen (secondary N) is 2. The Morgan fingerprint density at radius 2 is 1.65 bits per heavy atom. The van der Waals surface area contributed by atoms with Crippen molar-refractivity contribution in [1.29, 1.82) is 0 Å². The van der Waals surface area contributed by atoms with Crippen LogP contribution in [-0.2, 0) is 9.59 Å². The first-order valence-electron chi connectivity index (χ1n) is 6.94. The van der Waals surface area contributed by atoms with Crippen LogP contribution in [0.2, 0.25) is 0 Å². The number of carbonyl (C=O) groups excluding carboxylic acids is 2. The SMILES string of the molecule is C/C(=N/NC(=O)C(=O)Nc1ccc(C)cc1)c1ccccc1Br. The summed E-state index contributed by atoms with van der Waals surface area (Å²) < 4.78 is 0.861. The van der Waals surface area contributed by atoms with Crippen LogP contribution < -0.4 is 10.7 Å². The van der Waals surface area contributed by atoms with Gasteiger partial charge in [-0.2, -0.15) is 5.10 Å². The minimum atomic E-state index is -0.822. The van der Waals surface area contributed by atoms with E-state index in [-0.39, 0.29) is 0 Å². The van der Waals surface area contributed by atoms with Crippen molar-refractivity contribution < 1.29 is 9.59 Å². The molecule has 118 valence electrons. The van der Waals surface area contributed by atoms with Gasteiger partial charge in [-0.05, 0) is 32.0 Å². The van der Waals surface area contributed by atoms with Gasteiger partial charge in [0.1, 0.15) is 0 Å². The normalized spacial score (nSPS) is 11.0. The molecule has 0 atom stereocenters. The third kappa shape index (κ3) is 4.75. The van der Waals surface area contributed by atoms with Crippen LogP contribution in [-0.4, -0.2) is 17.5 Å². The van der Waals surface area contributed by atoms with Gasteiger partial charge < -0.3 is 5.32 Å².